The summed E-state index contributed by atoms with van der Waals surface area (Å²) in [6.07, 6.45) is 1.81. The molecule has 256 valence electrons. The zero-order valence-corrected chi connectivity index (χ0v) is 27.9. The number of benzene rings is 3. The van der Waals surface area contributed by atoms with Gasteiger partial charge >= 0.3 is 5.97 Å². The molecule has 2 amide bonds. The van der Waals surface area contributed by atoms with E-state index < -0.39 is 41.3 Å². The lowest BCUT2D eigenvalue weighted by Gasteiger charge is -2.41. The topological polar surface area (TPSA) is 139 Å². The molecule has 3 aromatic rings. The van der Waals surface area contributed by atoms with Gasteiger partial charge < -0.3 is 38.6 Å². The van der Waals surface area contributed by atoms with Gasteiger partial charge in [0.1, 0.15) is 29.1 Å². The number of nitrogens with one attached hydrogen (secondary N) is 1. The predicted octanol–water partition coefficient (Wildman–Crippen LogP) is 4.51. The number of methoxy groups -OCH3 is 3. The molecule has 1 N–H and O–H groups in total. The quantitative estimate of drug-likeness (QED) is 0.207. The first-order valence-electron chi connectivity index (χ1n) is 15.9. The normalized spacial score (nSPS) is 22.3. The lowest BCUT2D eigenvalue weighted by atomic mass is 9.68. The van der Waals surface area contributed by atoms with Crippen molar-refractivity contribution in [1.82, 2.24) is 10.2 Å². The largest absolute Gasteiger partial charge is 0.497 e. The van der Waals surface area contributed by atoms with Crippen LogP contribution in [0.4, 0.5) is 0 Å². The molecule has 49 heavy (non-hydrogen) atoms. The molecule has 0 bridgehead atoms. The molecule has 4 atom stereocenters. The van der Waals surface area contributed by atoms with E-state index in [2.05, 4.69) is 5.32 Å². The molecule has 0 aromatic heterocycles. The highest BCUT2D eigenvalue weighted by Gasteiger charge is 2.62. The number of ether oxygens (including phenoxy) is 6. The molecule has 0 saturated carbocycles. The summed E-state index contributed by atoms with van der Waals surface area (Å²) in [6.45, 7) is 3.73. The second-order valence-electron chi connectivity index (χ2n) is 12.2. The molecule has 0 radical (unpaired) electrons. The van der Waals surface area contributed by atoms with Crippen molar-refractivity contribution >= 4 is 23.6 Å². The fourth-order valence-electron chi connectivity index (χ4n) is 6.96. The van der Waals surface area contributed by atoms with Crippen LogP contribution in [0.25, 0.3) is 0 Å². The van der Waals surface area contributed by atoms with Gasteiger partial charge in [0.05, 0.1) is 27.2 Å². The zero-order valence-electron chi connectivity index (χ0n) is 27.9. The van der Waals surface area contributed by atoms with Gasteiger partial charge in [-0.1, -0.05) is 48.0 Å². The van der Waals surface area contributed by atoms with Crippen molar-refractivity contribution in [1.29, 1.82) is 0 Å². The van der Waals surface area contributed by atoms with Gasteiger partial charge in [0, 0.05) is 24.3 Å². The highest BCUT2D eigenvalue weighted by Crippen LogP contribution is 2.56. The minimum atomic E-state index is -2.11. The number of Topliss-reactive ketones (excluding diaryl/α,β-unsaturated/α-hetero) is 1. The minimum Gasteiger partial charge on any atom is -0.497 e. The molecule has 3 aliphatic rings. The van der Waals surface area contributed by atoms with E-state index in [1.54, 1.807) is 68.4 Å². The van der Waals surface area contributed by atoms with Crippen molar-refractivity contribution in [2.24, 2.45) is 5.92 Å². The van der Waals surface area contributed by atoms with E-state index in [1.165, 1.54) is 38.4 Å². The number of hydrogen-bond acceptors (Lipinski definition) is 10. The average molecular weight is 671 g/mol. The van der Waals surface area contributed by atoms with Gasteiger partial charge in [0.2, 0.25) is 30.0 Å². The molecule has 3 heterocycles. The van der Waals surface area contributed by atoms with E-state index in [0.717, 1.165) is 5.57 Å². The van der Waals surface area contributed by atoms with Crippen molar-refractivity contribution in [3.8, 4) is 28.7 Å². The predicted molar refractivity (Wildman–Crippen MR) is 176 cm³/mol. The van der Waals surface area contributed by atoms with Crippen LogP contribution in [0, 0.1) is 5.92 Å². The lowest BCUT2D eigenvalue weighted by molar-refractivity contribution is -0.165. The zero-order chi connectivity index (χ0) is 34.9. The maximum atomic E-state index is 15.2. The van der Waals surface area contributed by atoms with Crippen molar-refractivity contribution < 1.29 is 47.6 Å². The first-order chi connectivity index (χ1) is 23.6. The maximum absolute atomic E-state index is 15.2. The number of esters is 1. The molecule has 3 aromatic carbocycles. The van der Waals surface area contributed by atoms with Crippen molar-refractivity contribution in [3.63, 3.8) is 0 Å². The van der Waals surface area contributed by atoms with Crippen LogP contribution >= 0.6 is 0 Å². The third-order valence-corrected chi connectivity index (χ3v) is 9.06. The molecule has 1 fully saturated rings. The molecular weight excluding hydrogens is 632 g/mol. The molecule has 0 aliphatic carbocycles. The summed E-state index contributed by atoms with van der Waals surface area (Å²) in [5, 5.41) is 2.92. The first kappa shape index (κ1) is 33.4. The first-order valence-corrected chi connectivity index (χ1v) is 15.9. The average Bonchev–Trinajstić information content (AvgIpc) is 3.75. The third kappa shape index (κ3) is 5.81. The van der Waals surface area contributed by atoms with E-state index in [0.29, 0.717) is 29.7 Å². The Morgan fingerprint density at radius 2 is 1.69 bits per heavy atom. The number of hydrogen-bond donors (Lipinski definition) is 1. The molecule has 12 nitrogen and oxygen atoms in total. The number of nitrogens with zero attached hydrogens (tertiary/aromatic N) is 1. The standard InChI is InChI=1S/C37H38N2O10/c1-21(2)18-28(40)38-27-12-9-17-39(27)35(42)30-31(22-10-7-6-8-11-22)37(36(43)46-5,23-13-15-24(44-3)16-14-23)49-25-19-26-33(48-20-47-26)34(45-4)29(25)32(30)41/h6-8,10-11,13-16,18-19,27,30-31H,9,12,17,20H2,1-5H3,(H,38,40)/t27-,30-,31-,37+/m1/s1. The Labute approximate surface area is 283 Å². The number of amides is 2. The maximum Gasteiger partial charge on any atom is 0.355 e. The number of fused-ring (bicyclic) bond motifs is 2. The Kier molecular flexibility index (Phi) is 9.22. The van der Waals surface area contributed by atoms with Crippen LogP contribution in [0.2, 0.25) is 0 Å². The number of carbonyl (C=O) groups is 4. The highest BCUT2D eigenvalue weighted by molar-refractivity contribution is 6.15. The van der Waals surface area contributed by atoms with Gasteiger partial charge in [-0.3, -0.25) is 14.4 Å². The van der Waals surface area contributed by atoms with Crippen LogP contribution in [-0.2, 0) is 24.7 Å². The van der Waals surface area contributed by atoms with E-state index >= 15 is 9.59 Å². The van der Waals surface area contributed by atoms with Crippen molar-refractivity contribution in [2.45, 2.75) is 44.4 Å². The molecule has 3 aliphatic heterocycles. The van der Waals surface area contributed by atoms with Crippen LogP contribution < -0.4 is 29.0 Å². The lowest BCUT2D eigenvalue weighted by Crippen LogP contribution is -2.55. The minimum absolute atomic E-state index is 0.00448. The fourth-order valence-corrected chi connectivity index (χ4v) is 6.96. The summed E-state index contributed by atoms with van der Waals surface area (Å²) >= 11 is 0. The van der Waals surface area contributed by atoms with Crippen LogP contribution in [0.15, 0.2) is 72.3 Å². The molecular formula is C37H38N2O10. The van der Waals surface area contributed by atoms with E-state index in [9.17, 15) is 9.59 Å². The smallest absolute Gasteiger partial charge is 0.355 e. The number of allylic oxidation sites excluding steroid dienone is 1. The summed E-state index contributed by atoms with van der Waals surface area (Å²) in [5.41, 5.74) is -0.637. The monoisotopic (exact) mass is 670 g/mol. The van der Waals surface area contributed by atoms with Gasteiger partial charge in [-0.05, 0) is 44.4 Å². The van der Waals surface area contributed by atoms with Gasteiger partial charge in [0.25, 0.3) is 0 Å². The second-order valence-corrected chi connectivity index (χ2v) is 12.2. The van der Waals surface area contributed by atoms with Gasteiger partial charge in [-0.15, -0.1) is 0 Å². The summed E-state index contributed by atoms with van der Waals surface area (Å²) in [6, 6.07) is 16.8. The second kappa shape index (κ2) is 13.5. The van der Waals surface area contributed by atoms with Gasteiger partial charge in [-0.25, -0.2) is 4.79 Å². The molecule has 12 heteroatoms. The Morgan fingerprint density at radius 3 is 2.35 bits per heavy atom. The van der Waals surface area contributed by atoms with Crippen LogP contribution in [0.1, 0.15) is 54.1 Å². The summed E-state index contributed by atoms with van der Waals surface area (Å²) < 4.78 is 34.9. The SMILES string of the molecule is COC(=O)[C@@]1(c2ccc(OC)cc2)Oc2cc3c(c(OC)c2C(=O)[C@H](C(=O)N2CCC[C@@H]2NC(=O)C=C(C)C)[C@H]1c1ccccc1)OCO3. The number of ketones is 1. The van der Waals surface area contributed by atoms with Crippen molar-refractivity contribution in [3.05, 3.63) is 89.0 Å². The molecule has 0 spiro atoms. The Hall–Kier alpha value is -5.52. The Morgan fingerprint density at radius 1 is 0.959 bits per heavy atom. The molecule has 6 rings (SSSR count). The van der Waals surface area contributed by atoms with Crippen LogP contribution in [-0.4, -0.2) is 69.3 Å². The fraction of sp³-hybridized carbons (Fsp3) is 0.351. The highest BCUT2D eigenvalue weighted by atomic mass is 16.7. The third-order valence-electron chi connectivity index (χ3n) is 9.06. The van der Waals surface area contributed by atoms with E-state index in [1.807, 2.05) is 0 Å². The number of carbonyl (C=O) groups excluding carboxylic acids is 4. The van der Waals surface area contributed by atoms with Crippen LogP contribution in [0.3, 0.4) is 0 Å². The summed E-state index contributed by atoms with van der Waals surface area (Å²) in [4.78, 5) is 59.3. The number of rotatable bonds is 8. The Bertz CT molecular complexity index is 1800. The van der Waals surface area contributed by atoms with E-state index in [-0.39, 0.29) is 47.8 Å². The number of likely N-dealkylation sites (tertiary alicyclic amines) is 1. The van der Waals surface area contributed by atoms with Crippen molar-refractivity contribution in [2.75, 3.05) is 34.7 Å². The summed E-state index contributed by atoms with van der Waals surface area (Å²) in [5.74, 6) is -4.46. The molecule has 1 saturated heterocycles. The van der Waals surface area contributed by atoms with Gasteiger partial charge in [-0.2, -0.15) is 0 Å². The van der Waals surface area contributed by atoms with E-state index in [4.69, 9.17) is 28.4 Å². The summed E-state index contributed by atoms with van der Waals surface area (Å²) in [7, 11) is 4.11. The Balaban J connectivity index is 1.65. The van der Waals surface area contributed by atoms with Gasteiger partial charge in [0.15, 0.2) is 17.3 Å². The van der Waals surface area contributed by atoms with Crippen LogP contribution in [0.5, 0.6) is 28.7 Å². The molecule has 0 unspecified atom stereocenters.